The standard InChI is InChI=1S/C19H24FN5O4/c20-7-4-5-15-12-25(24-23-15)16-10-13(18(21)28)9-14(11-16)19(29)22-8-3-1-2-6-17(26)27/h9-12H,1-8H2,(H2,21,28)(H,22,29)(H,26,27). The Hall–Kier alpha value is -3.30. The number of hydrogen-bond acceptors (Lipinski definition) is 5. The zero-order chi connectivity index (χ0) is 21.2. The molecule has 0 saturated carbocycles. The molecule has 0 radical (unpaired) electrons. The lowest BCUT2D eigenvalue weighted by Crippen LogP contribution is -2.25. The zero-order valence-corrected chi connectivity index (χ0v) is 15.9. The second-order valence-electron chi connectivity index (χ2n) is 6.54. The van der Waals surface area contributed by atoms with E-state index in [0.717, 1.165) is 0 Å². The van der Waals surface area contributed by atoms with Gasteiger partial charge in [0.2, 0.25) is 5.91 Å². The molecule has 0 aliphatic rings. The van der Waals surface area contributed by atoms with E-state index in [1.807, 2.05) is 0 Å². The number of alkyl halides is 1. The minimum Gasteiger partial charge on any atom is -0.481 e. The SMILES string of the molecule is NC(=O)c1cc(C(=O)NCCCCCC(=O)O)cc(-n2cc(CCCF)nn2)c1. The molecular formula is C19H24FN5O4. The van der Waals surface area contributed by atoms with Gasteiger partial charge in [-0.1, -0.05) is 11.6 Å². The third-order valence-electron chi connectivity index (χ3n) is 4.19. The second-order valence-corrected chi connectivity index (χ2v) is 6.54. The topological polar surface area (TPSA) is 140 Å². The highest BCUT2D eigenvalue weighted by Crippen LogP contribution is 2.15. The number of carbonyl (C=O) groups excluding carboxylic acids is 2. The van der Waals surface area contributed by atoms with Gasteiger partial charge in [-0.15, -0.1) is 5.10 Å². The van der Waals surface area contributed by atoms with Crippen molar-refractivity contribution in [2.24, 2.45) is 5.73 Å². The maximum atomic E-state index is 12.4. The lowest BCUT2D eigenvalue weighted by Gasteiger charge is -2.09. The number of nitrogens with two attached hydrogens (primary N) is 1. The Balaban J connectivity index is 2.07. The van der Waals surface area contributed by atoms with Crippen molar-refractivity contribution < 1.29 is 23.9 Å². The predicted molar refractivity (Wildman–Crippen MR) is 103 cm³/mol. The summed E-state index contributed by atoms with van der Waals surface area (Å²) in [4.78, 5) is 34.6. The molecule has 29 heavy (non-hydrogen) atoms. The van der Waals surface area contributed by atoms with E-state index in [9.17, 15) is 18.8 Å². The van der Waals surface area contributed by atoms with Gasteiger partial charge >= 0.3 is 5.97 Å². The van der Waals surface area contributed by atoms with Gasteiger partial charge in [0, 0.05) is 24.1 Å². The highest BCUT2D eigenvalue weighted by molar-refractivity contribution is 6.00. The van der Waals surface area contributed by atoms with Crippen LogP contribution in [0, 0.1) is 0 Å². The number of rotatable bonds is 12. The Bertz CT molecular complexity index is 868. The molecule has 0 spiro atoms. The number of aromatic nitrogens is 3. The van der Waals surface area contributed by atoms with Crippen LogP contribution in [0.1, 0.15) is 58.5 Å². The average molecular weight is 405 g/mol. The van der Waals surface area contributed by atoms with E-state index >= 15 is 0 Å². The maximum absolute atomic E-state index is 12.4. The second kappa shape index (κ2) is 10.9. The molecule has 0 bridgehead atoms. The Labute approximate surface area is 167 Å². The largest absolute Gasteiger partial charge is 0.481 e. The van der Waals surface area contributed by atoms with E-state index in [1.165, 1.54) is 16.8 Å². The lowest BCUT2D eigenvalue weighted by molar-refractivity contribution is -0.137. The molecule has 2 aromatic rings. The molecule has 156 valence electrons. The molecule has 0 atom stereocenters. The first kappa shape index (κ1) is 22.0. The van der Waals surface area contributed by atoms with E-state index in [2.05, 4.69) is 15.6 Å². The van der Waals surface area contributed by atoms with Crippen molar-refractivity contribution in [1.82, 2.24) is 20.3 Å². The molecule has 0 unspecified atom stereocenters. The number of aryl methyl sites for hydroxylation is 1. The summed E-state index contributed by atoms with van der Waals surface area (Å²) in [5.74, 6) is -1.91. The molecule has 9 nitrogen and oxygen atoms in total. The van der Waals surface area contributed by atoms with E-state index in [-0.39, 0.29) is 23.5 Å². The number of unbranched alkanes of at least 4 members (excludes halogenated alkanes) is 2. The van der Waals surface area contributed by atoms with E-state index in [4.69, 9.17) is 10.8 Å². The van der Waals surface area contributed by atoms with Gasteiger partial charge in [-0.25, -0.2) is 4.68 Å². The Morgan fingerprint density at radius 3 is 2.55 bits per heavy atom. The third kappa shape index (κ3) is 6.98. The molecule has 1 heterocycles. The average Bonchev–Trinajstić information content (AvgIpc) is 3.17. The summed E-state index contributed by atoms with van der Waals surface area (Å²) >= 11 is 0. The molecule has 0 saturated heterocycles. The smallest absolute Gasteiger partial charge is 0.303 e. The summed E-state index contributed by atoms with van der Waals surface area (Å²) < 4.78 is 13.7. The molecule has 4 N–H and O–H groups in total. The van der Waals surface area contributed by atoms with Crippen molar-refractivity contribution in [1.29, 1.82) is 0 Å². The Kier molecular flexibility index (Phi) is 8.26. The van der Waals surface area contributed by atoms with Crippen LogP contribution in [0.4, 0.5) is 4.39 Å². The summed E-state index contributed by atoms with van der Waals surface area (Å²) in [7, 11) is 0. The summed E-state index contributed by atoms with van der Waals surface area (Å²) in [6.45, 7) is -0.0735. The van der Waals surface area contributed by atoms with Crippen molar-refractivity contribution in [3.8, 4) is 5.69 Å². The normalized spacial score (nSPS) is 10.7. The molecule has 10 heteroatoms. The van der Waals surface area contributed by atoms with Gasteiger partial charge in [0.15, 0.2) is 0 Å². The molecule has 0 aliphatic carbocycles. The molecule has 2 rings (SSSR count). The molecule has 1 aromatic carbocycles. The van der Waals surface area contributed by atoms with E-state index < -0.39 is 18.6 Å². The summed E-state index contributed by atoms with van der Waals surface area (Å²) in [6.07, 6.45) is 4.34. The van der Waals surface area contributed by atoms with Crippen molar-refractivity contribution in [2.45, 2.75) is 38.5 Å². The number of nitrogens with one attached hydrogen (secondary N) is 1. The molecular weight excluding hydrogens is 381 g/mol. The fourth-order valence-corrected chi connectivity index (χ4v) is 2.69. The van der Waals surface area contributed by atoms with E-state index in [0.29, 0.717) is 50.0 Å². The van der Waals surface area contributed by atoms with Crippen LogP contribution in [0.3, 0.4) is 0 Å². The van der Waals surface area contributed by atoms with Crippen molar-refractivity contribution in [3.05, 3.63) is 41.2 Å². The number of benzene rings is 1. The minimum absolute atomic E-state index is 0.100. The number of primary amides is 1. The van der Waals surface area contributed by atoms with Gasteiger partial charge in [0.05, 0.1) is 24.3 Å². The fraction of sp³-hybridized carbons (Fsp3) is 0.421. The summed E-state index contributed by atoms with van der Waals surface area (Å²) in [5, 5.41) is 19.3. The Morgan fingerprint density at radius 2 is 1.86 bits per heavy atom. The van der Waals surface area contributed by atoms with Crippen LogP contribution in [0.25, 0.3) is 5.69 Å². The minimum atomic E-state index is -0.842. The number of nitrogens with zero attached hydrogens (tertiary/aromatic N) is 3. The first-order valence-electron chi connectivity index (χ1n) is 9.33. The van der Waals surface area contributed by atoms with Crippen LogP contribution in [0.2, 0.25) is 0 Å². The predicted octanol–water partition coefficient (Wildman–Crippen LogP) is 1.64. The summed E-state index contributed by atoms with van der Waals surface area (Å²) in [5.41, 5.74) is 6.79. The van der Waals surface area contributed by atoms with Gasteiger partial charge in [0.1, 0.15) is 0 Å². The molecule has 2 amide bonds. The van der Waals surface area contributed by atoms with Crippen LogP contribution >= 0.6 is 0 Å². The van der Waals surface area contributed by atoms with Gasteiger partial charge in [-0.05, 0) is 43.9 Å². The number of halogens is 1. The highest BCUT2D eigenvalue weighted by Gasteiger charge is 2.13. The van der Waals surface area contributed by atoms with Gasteiger partial charge < -0.3 is 16.2 Å². The third-order valence-corrected chi connectivity index (χ3v) is 4.19. The number of carboxylic acids is 1. The van der Waals surface area contributed by atoms with Gasteiger partial charge in [-0.3, -0.25) is 18.8 Å². The monoisotopic (exact) mass is 405 g/mol. The fourth-order valence-electron chi connectivity index (χ4n) is 2.69. The lowest BCUT2D eigenvalue weighted by atomic mass is 10.1. The van der Waals surface area contributed by atoms with Crippen LogP contribution < -0.4 is 11.1 Å². The van der Waals surface area contributed by atoms with Gasteiger partial charge in [-0.2, -0.15) is 0 Å². The zero-order valence-electron chi connectivity index (χ0n) is 15.9. The first-order valence-corrected chi connectivity index (χ1v) is 9.33. The van der Waals surface area contributed by atoms with Crippen LogP contribution in [-0.4, -0.2) is 51.1 Å². The van der Waals surface area contributed by atoms with Crippen molar-refractivity contribution in [2.75, 3.05) is 13.2 Å². The number of aliphatic carboxylic acids is 1. The highest BCUT2D eigenvalue weighted by atomic mass is 19.1. The number of carboxylic acid groups (broad SMARTS) is 1. The van der Waals surface area contributed by atoms with Crippen LogP contribution in [-0.2, 0) is 11.2 Å². The molecule has 1 aromatic heterocycles. The van der Waals surface area contributed by atoms with Crippen molar-refractivity contribution >= 4 is 17.8 Å². The Morgan fingerprint density at radius 1 is 1.10 bits per heavy atom. The molecule has 0 fully saturated rings. The number of amides is 2. The summed E-state index contributed by atoms with van der Waals surface area (Å²) in [6, 6.07) is 4.45. The maximum Gasteiger partial charge on any atom is 0.303 e. The number of hydrogen-bond donors (Lipinski definition) is 3. The quantitative estimate of drug-likeness (QED) is 0.459. The first-order chi connectivity index (χ1) is 13.9. The van der Waals surface area contributed by atoms with Crippen LogP contribution in [0.15, 0.2) is 24.4 Å². The van der Waals surface area contributed by atoms with Gasteiger partial charge in [0.25, 0.3) is 5.91 Å². The van der Waals surface area contributed by atoms with Crippen LogP contribution in [0.5, 0.6) is 0 Å². The van der Waals surface area contributed by atoms with Crippen molar-refractivity contribution in [3.63, 3.8) is 0 Å². The van der Waals surface area contributed by atoms with E-state index in [1.54, 1.807) is 12.3 Å². The molecule has 0 aliphatic heterocycles. The number of carbonyl (C=O) groups is 3.